The second-order valence-electron chi connectivity index (χ2n) is 4.65. The third-order valence-electron chi connectivity index (χ3n) is 3.18. The first-order valence-electron chi connectivity index (χ1n) is 6.52. The van der Waals surface area contributed by atoms with Crippen LogP contribution in [0.3, 0.4) is 0 Å². The van der Waals surface area contributed by atoms with Gasteiger partial charge in [-0.1, -0.05) is 12.1 Å². The second kappa shape index (κ2) is 5.77. The summed E-state index contributed by atoms with van der Waals surface area (Å²) in [5.74, 6) is -0.370. The molecule has 0 spiro atoms. The highest BCUT2D eigenvalue weighted by molar-refractivity contribution is 5.90. The van der Waals surface area contributed by atoms with Gasteiger partial charge in [0.05, 0.1) is 11.1 Å². The largest absolute Gasteiger partial charge is 0.478 e. The summed E-state index contributed by atoms with van der Waals surface area (Å²) >= 11 is 0. The van der Waals surface area contributed by atoms with Crippen LogP contribution in [-0.4, -0.2) is 23.8 Å². The number of ether oxygens (including phenoxy) is 3. The molecule has 2 aromatic carbocycles. The normalized spacial score (nSPS) is 12.0. The highest BCUT2D eigenvalue weighted by Gasteiger charge is 2.17. The Kier molecular flexibility index (Phi) is 3.65. The molecule has 0 amide bonds. The van der Waals surface area contributed by atoms with Crippen molar-refractivity contribution in [3.63, 3.8) is 0 Å². The smallest absolute Gasteiger partial charge is 0.338 e. The van der Waals surface area contributed by atoms with Crippen LogP contribution in [0.4, 0.5) is 0 Å². The third-order valence-corrected chi connectivity index (χ3v) is 3.18. The Hall–Kier alpha value is -3.02. The molecular weight excluding hydrogens is 288 g/mol. The first kappa shape index (κ1) is 13.9. The molecule has 0 fully saturated rings. The number of aromatic carboxylic acids is 1. The van der Waals surface area contributed by atoms with Gasteiger partial charge in [-0.05, 0) is 35.9 Å². The topological polar surface area (TPSA) is 82.1 Å². The molecule has 0 bridgehead atoms. The predicted molar refractivity (Wildman–Crippen MR) is 75.1 cm³/mol. The summed E-state index contributed by atoms with van der Waals surface area (Å²) in [6.45, 7) is 0.205. The van der Waals surface area contributed by atoms with Crippen molar-refractivity contribution in [1.29, 1.82) is 0 Å². The van der Waals surface area contributed by atoms with E-state index < -0.39 is 11.9 Å². The number of esters is 1. The van der Waals surface area contributed by atoms with E-state index in [9.17, 15) is 9.59 Å². The molecule has 1 aliphatic rings. The van der Waals surface area contributed by atoms with Gasteiger partial charge in [-0.25, -0.2) is 9.59 Å². The third kappa shape index (κ3) is 2.85. The number of carboxylic acid groups (broad SMARTS) is 1. The monoisotopic (exact) mass is 300 g/mol. The lowest BCUT2D eigenvalue weighted by atomic mass is 10.1. The number of carbonyl (C=O) groups is 2. The van der Waals surface area contributed by atoms with Crippen LogP contribution >= 0.6 is 0 Å². The van der Waals surface area contributed by atoms with Gasteiger partial charge in [0.25, 0.3) is 0 Å². The SMILES string of the molecule is O=C(O)c1ccc(COC(=O)c2ccc3c(c2)OCO3)cc1. The molecule has 1 heterocycles. The molecule has 3 rings (SSSR count). The fraction of sp³-hybridized carbons (Fsp3) is 0.125. The predicted octanol–water partition coefficient (Wildman–Crippen LogP) is 2.47. The van der Waals surface area contributed by atoms with Crippen LogP contribution in [-0.2, 0) is 11.3 Å². The molecule has 0 atom stereocenters. The van der Waals surface area contributed by atoms with E-state index in [2.05, 4.69) is 0 Å². The van der Waals surface area contributed by atoms with E-state index in [-0.39, 0.29) is 19.0 Å². The Morgan fingerprint density at radius 3 is 2.41 bits per heavy atom. The standard InChI is InChI=1S/C16H12O6/c17-15(18)11-3-1-10(2-4-11)8-20-16(19)12-5-6-13-14(7-12)22-9-21-13/h1-7H,8-9H2,(H,17,18). The van der Waals surface area contributed by atoms with Crippen molar-refractivity contribution in [2.24, 2.45) is 0 Å². The zero-order valence-corrected chi connectivity index (χ0v) is 11.4. The molecule has 0 saturated heterocycles. The van der Waals surface area contributed by atoms with Crippen molar-refractivity contribution < 1.29 is 28.9 Å². The Balaban J connectivity index is 1.63. The van der Waals surface area contributed by atoms with Gasteiger partial charge in [-0.3, -0.25) is 0 Å². The lowest BCUT2D eigenvalue weighted by Gasteiger charge is -2.06. The highest BCUT2D eigenvalue weighted by Crippen LogP contribution is 2.32. The Labute approximate surface area is 125 Å². The molecule has 0 aliphatic carbocycles. The van der Waals surface area contributed by atoms with Gasteiger partial charge in [0, 0.05) is 0 Å². The summed E-state index contributed by atoms with van der Waals surface area (Å²) in [4.78, 5) is 22.7. The van der Waals surface area contributed by atoms with Gasteiger partial charge in [0.15, 0.2) is 11.5 Å². The second-order valence-corrected chi connectivity index (χ2v) is 4.65. The fourth-order valence-corrected chi connectivity index (χ4v) is 2.00. The van der Waals surface area contributed by atoms with Crippen LogP contribution < -0.4 is 9.47 Å². The van der Waals surface area contributed by atoms with E-state index >= 15 is 0 Å². The summed E-state index contributed by atoms with van der Waals surface area (Å²) < 4.78 is 15.6. The minimum Gasteiger partial charge on any atom is -0.478 e. The van der Waals surface area contributed by atoms with Crippen LogP contribution in [0.5, 0.6) is 11.5 Å². The molecule has 112 valence electrons. The first-order valence-corrected chi connectivity index (χ1v) is 6.52. The van der Waals surface area contributed by atoms with Gasteiger partial charge in [0.2, 0.25) is 6.79 Å². The number of benzene rings is 2. The number of carboxylic acids is 1. The van der Waals surface area contributed by atoms with Gasteiger partial charge < -0.3 is 19.3 Å². The zero-order chi connectivity index (χ0) is 15.5. The van der Waals surface area contributed by atoms with Crippen LogP contribution in [0, 0.1) is 0 Å². The van der Waals surface area contributed by atoms with E-state index in [1.54, 1.807) is 30.3 Å². The molecule has 6 heteroatoms. The highest BCUT2D eigenvalue weighted by atomic mass is 16.7. The van der Waals surface area contributed by atoms with Crippen molar-refractivity contribution in [3.05, 3.63) is 59.2 Å². The molecule has 22 heavy (non-hydrogen) atoms. The van der Waals surface area contributed by atoms with Crippen LogP contribution in [0.25, 0.3) is 0 Å². The summed E-state index contributed by atoms with van der Waals surface area (Å²) in [6, 6.07) is 11.0. The average Bonchev–Trinajstić information content (AvgIpc) is 3.00. The van der Waals surface area contributed by atoms with Crippen LogP contribution in [0.15, 0.2) is 42.5 Å². The molecule has 1 N–H and O–H groups in total. The maximum atomic E-state index is 12.0. The molecule has 6 nitrogen and oxygen atoms in total. The minimum absolute atomic E-state index is 0.0627. The summed E-state index contributed by atoms with van der Waals surface area (Å²) in [5, 5.41) is 8.81. The summed E-state index contributed by atoms with van der Waals surface area (Å²) in [6.07, 6.45) is 0. The van der Waals surface area contributed by atoms with E-state index in [4.69, 9.17) is 19.3 Å². The summed E-state index contributed by atoms with van der Waals surface area (Å²) in [5.41, 5.74) is 1.26. The number of hydrogen-bond donors (Lipinski definition) is 1. The van der Waals surface area contributed by atoms with Crippen molar-refractivity contribution in [2.75, 3.05) is 6.79 Å². The maximum absolute atomic E-state index is 12.0. The average molecular weight is 300 g/mol. The van der Waals surface area contributed by atoms with Crippen molar-refractivity contribution in [2.45, 2.75) is 6.61 Å². The van der Waals surface area contributed by atoms with Crippen molar-refractivity contribution >= 4 is 11.9 Å². The zero-order valence-electron chi connectivity index (χ0n) is 11.4. The van der Waals surface area contributed by atoms with Crippen LogP contribution in [0.2, 0.25) is 0 Å². The Morgan fingerprint density at radius 2 is 1.68 bits per heavy atom. The minimum atomic E-state index is -0.996. The van der Waals surface area contributed by atoms with Crippen LogP contribution in [0.1, 0.15) is 26.3 Å². The number of fused-ring (bicyclic) bond motifs is 1. The first-order chi connectivity index (χ1) is 10.6. The number of carbonyl (C=O) groups excluding carboxylic acids is 1. The molecule has 0 radical (unpaired) electrons. The summed E-state index contributed by atoms with van der Waals surface area (Å²) in [7, 11) is 0. The maximum Gasteiger partial charge on any atom is 0.338 e. The van der Waals surface area contributed by atoms with Crippen molar-refractivity contribution in [1.82, 2.24) is 0 Å². The molecule has 1 aliphatic heterocycles. The molecule has 0 saturated carbocycles. The van der Waals surface area contributed by atoms with Crippen molar-refractivity contribution in [3.8, 4) is 11.5 Å². The molecule has 0 aromatic heterocycles. The quantitative estimate of drug-likeness (QED) is 0.873. The van der Waals surface area contributed by atoms with E-state index in [0.29, 0.717) is 22.6 Å². The van der Waals surface area contributed by atoms with Gasteiger partial charge in [-0.15, -0.1) is 0 Å². The lowest BCUT2D eigenvalue weighted by Crippen LogP contribution is -2.05. The van der Waals surface area contributed by atoms with Gasteiger partial charge >= 0.3 is 11.9 Å². The molecule has 0 unspecified atom stereocenters. The number of hydrogen-bond acceptors (Lipinski definition) is 5. The van der Waals surface area contributed by atoms with E-state index in [1.807, 2.05) is 0 Å². The number of rotatable bonds is 4. The fourth-order valence-electron chi connectivity index (χ4n) is 2.00. The molecule has 2 aromatic rings. The molecular formula is C16H12O6. The van der Waals surface area contributed by atoms with Gasteiger partial charge in [0.1, 0.15) is 6.61 Å². The van der Waals surface area contributed by atoms with E-state index in [0.717, 1.165) is 0 Å². The van der Waals surface area contributed by atoms with Gasteiger partial charge in [-0.2, -0.15) is 0 Å². The van der Waals surface area contributed by atoms with E-state index in [1.165, 1.54) is 12.1 Å². The lowest BCUT2D eigenvalue weighted by molar-refractivity contribution is 0.0471. The Morgan fingerprint density at radius 1 is 1.00 bits per heavy atom. The Bertz CT molecular complexity index is 720.